The lowest BCUT2D eigenvalue weighted by atomic mass is 9.86. The predicted octanol–water partition coefficient (Wildman–Crippen LogP) is 19.0. The topological polar surface area (TPSA) is 6.48 Å². The lowest BCUT2D eigenvalue weighted by molar-refractivity contribution is 1.08. The van der Waals surface area contributed by atoms with E-state index in [4.69, 9.17) is 0 Å². The zero-order valence-electron chi connectivity index (χ0n) is 45.3. The number of thiophene rings is 1. The van der Waals surface area contributed by atoms with E-state index in [9.17, 15) is 0 Å². The summed E-state index contributed by atoms with van der Waals surface area (Å²) >= 11 is 2.02. The molecular weight excluding hydrogens is 805 g/mol. The van der Waals surface area contributed by atoms with Crippen LogP contribution in [0.3, 0.4) is 0 Å². The molecule has 1 heterocycles. The van der Waals surface area contributed by atoms with Crippen molar-refractivity contribution >= 4 is 65.6 Å². The van der Waals surface area contributed by atoms with Crippen molar-refractivity contribution in [2.24, 2.45) is 0 Å². The fraction of sp³-hybridized carbons (Fsp3) is 0.419. The highest BCUT2D eigenvalue weighted by Crippen LogP contribution is 2.56. The standard InChI is InChI=1S/C62H78N2S/c1-27-31(5)41(15)55(42(16)32(27)6)63(56-43(17)33(7)28(2)34(8)44(56)18)59-49(23)39(13)53-54-40(14)50(24)60(52(26)62(54)65-61(53)51(59)25)64(57-45(19)35(9)29(3)36(10)46(57)20)58-47(21)37(11)30(4)38(12)48(58)22/h1-26H3. The van der Waals surface area contributed by atoms with Crippen molar-refractivity contribution < 1.29 is 0 Å². The summed E-state index contributed by atoms with van der Waals surface area (Å²) < 4.78 is 2.79. The Morgan fingerprint density at radius 1 is 0.169 bits per heavy atom. The minimum Gasteiger partial charge on any atom is -0.309 e. The third-order valence-electron chi connectivity index (χ3n) is 18.1. The molecule has 0 aliphatic rings. The first-order valence-electron chi connectivity index (χ1n) is 24.0. The third-order valence-corrected chi connectivity index (χ3v) is 19.5. The molecule has 6 aromatic carbocycles. The van der Waals surface area contributed by atoms with Gasteiger partial charge in [0.05, 0.1) is 34.1 Å². The monoisotopic (exact) mass is 883 g/mol. The van der Waals surface area contributed by atoms with Crippen molar-refractivity contribution in [3.05, 3.63) is 145 Å². The molecule has 0 bridgehead atoms. The van der Waals surface area contributed by atoms with Gasteiger partial charge >= 0.3 is 0 Å². The first kappa shape index (κ1) is 48.1. The Kier molecular flexibility index (Phi) is 12.2. The summed E-state index contributed by atoms with van der Waals surface area (Å²) in [6.45, 7) is 61.1. The van der Waals surface area contributed by atoms with Crippen LogP contribution in [0, 0.1) is 180 Å². The highest BCUT2D eigenvalue weighted by atomic mass is 32.1. The van der Waals surface area contributed by atoms with E-state index in [1.54, 1.807) is 0 Å². The Morgan fingerprint density at radius 2 is 0.308 bits per heavy atom. The number of nitrogens with zero attached hydrogens (tertiary/aromatic N) is 2. The maximum Gasteiger partial charge on any atom is 0.0537 e. The lowest BCUT2D eigenvalue weighted by Gasteiger charge is -2.37. The molecule has 0 fully saturated rings. The fourth-order valence-electron chi connectivity index (χ4n) is 11.8. The Labute approximate surface area is 398 Å². The summed E-state index contributed by atoms with van der Waals surface area (Å²) in [4.78, 5) is 5.43. The Balaban J connectivity index is 1.69. The molecule has 0 aliphatic heterocycles. The minimum atomic E-state index is 1.33. The second-order valence-corrected chi connectivity index (χ2v) is 21.5. The van der Waals surface area contributed by atoms with Gasteiger partial charge in [0.2, 0.25) is 0 Å². The van der Waals surface area contributed by atoms with Crippen LogP contribution in [-0.4, -0.2) is 0 Å². The molecule has 0 saturated heterocycles. The molecule has 1 aromatic heterocycles. The summed E-state index contributed by atoms with van der Waals surface area (Å²) in [5.41, 5.74) is 43.7. The smallest absolute Gasteiger partial charge is 0.0537 e. The van der Waals surface area contributed by atoms with Crippen LogP contribution in [0.2, 0.25) is 0 Å². The number of hydrogen-bond donors (Lipinski definition) is 0. The lowest BCUT2D eigenvalue weighted by Crippen LogP contribution is -2.21. The van der Waals surface area contributed by atoms with Gasteiger partial charge < -0.3 is 9.80 Å². The summed E-state index contributed by atoms with van der Waals surface area (Å²) in [7, 11) is 0. The van der Waals surface area contributed by atoms with Gasteiger partial charge in [-0.05, 0) is 325 Å². The van der Waals surface area contributed by atoms with E-state index in [2.05, 4.69) is 190 Å². The largest absolute Gasteiger partial charge is 0.309 e. The molecule has 65 heavy (non-hydrogen) atoms. The summed E-state index contributed by atoms with van der Waals surface area (Å²) in [6.07, 6.45) is 0. The molecule has 0 amide bonds. The summed E-state index contributed by atoms with van der Waals surface area (Å²) in [5.74, 6) is 0. The predicted molar refractivity (Wildman–Crippen MR) is 292 cm³/mol. The number of aryl methyl sites for hydroxylation is 4. The highest BCUT2D eigenvalue weighted by Gasteiger charge is 2.33. The molecular formula is C62H78N2S. The molecule has 0 atom stereocenters. The molecule has 7 aromatic rings. The second kappa shape index (κ2) is 16.5. The Bertz CT molecular complexity index is 2780. The van der Waals surface area contributed by atoms with E-state index in [-0.39, 0.29) is 0 Å². The SMILES string of the molecule is Cc1c(C)c(C)c(N(c2c(C)c(C)c(C)c(C)c2C)c2c(C)c(C)c3c(sc4c(C)c(N(c5c(C)c(C)c(C)c(C)c5C)c5c(C)c(C)c(C)c(C)c5C)c(C)c(C)c43)c2C)c(C)c1C. The summed E-state index contributed by atoms with van der Waals surface area (Å²) in [6, 6.07) is 0. The van der Waals surface area contributed by atoms with E-state index in [0.29, 0.717) is 0 Å². The highest BCUT2D eigenvalue weighted by molar-refractivity contribution is 7.26. The van der Waals surface area contributed by atoms with Gasteiger partial charge in [0.1, 0.15) is 0 Å². The Morgan fingerprint density at radius 3 is 0.492 bits per heavy atom. The molecule has 0 unspecified atom stereocenters. The van der Waals surface area contributed by atoms with E-state index in [0.717, 1.165) is 0 Å². The number of anilines is 6. The average molecular weight is 883 g/mol. The molecule has 3 heteroatoms. The zero-order chi connectivity index (χ0) is 48.6. The first-order chi connectivity index (χ1) is 30.2. The van der Waals surface area contributed by atoms with Gasteiger partial charge in [0, 0.05) is 20.2 Å². The number of hydrogen-bond acceptors (Lipinski definition) is 3. The van der Waals surface area contributed by atoms with Gasteiger partial charge in [-0.2, -0.15) is 0 Å². The van der Waals surface area contributed by atoms with Crippen molar-refractivity contribution in [3.63, 3.8) is 0 Å². The molecule has 2 nitrogen and oxygen atoms in total. The average Bonchev–Trinajstić information content (AvgIpc) is 3.69. The van der Waals surface area contributed by atoms with Crippen LogP contribution in [0.1, 0.15) is 145 Å². The third kappa shape index (κ3) is 6.59. The van der Waals surface area contributed by atoms with Crippen molar-refractivity contribution in [2.75, 3.05) is 9.80 Å². The molecule has 0 aliphatic carbocycles. The molecule has 7 rings (SSSR count). The van der Waals surface area contributed by atoms with Crippen molar-refractivity contribution in [2.45, 2.75) is 180 Å². The van der Waals surface area contributed by atoms with Gasteiger partial charge in [-0.3, -0.25) is 0 Å². The minimum absolute atomic E-state index is 1.33. The van der Waals surface area contributed by atoms with Gasteiger partial charge in [-0.1, -0.05) is 0 Å². The van der Waals surface area contributed by atoms with E-state index >= 15 is 0 Å². The van der Waals surface area contributed by atoms with Gasteiger partial charge in [0.25, 0.3) is 0 Å². The van der Waals surface area contributed by atoms with Crippen LogP contribution < -0.4 is 9.80 Å². The summed E-state index contributed by atoms with van der Waals surface area (Å²) in [5, 5.41) is 2.84. The van der Waals surface area contributed by atoms with Crippen molar-refractivity contribution in [1.29, 1.82) is 0 Å². The normalized spacial score (nSPS) is 11.8. The quantitative estimate of drug-likeness (QED) is 0.164. The fourth-order valence-corrected chi connectivity index (χ4v) is 13.2. The van der Waals surface area contributed by atoms with Gasteiger partial charge in [0.15, 0.2) is 0 Å². The number of benzene rings is 6. The molecule has 342 valence electrons. The Hall–Kier alpha value is -4.86. The van der Waals surface area contributed by atoms with Crippen LogP contribution in [0.4, 0.5) is 34.1 Å². The van der Waals surface area contributed by atoms with Crippen LogP contribution in [-0.2, 0) is 0 Å². The van der Waals surface area contributed by atoms with Crippen molar-refractivity contribution in [1.82, 2.24) is 0 Å². The second-order valence-electron chi connectivity index (χ2n) is 20.5. The van der Waals surface area contributed by atoms with Crippen LogP contribution in [0.5, 0.6) is 0 Å². The molecule has 0 spiro atoms. The van der Waals surface area contributed by atoms with E-state index in [1.807, 2.05) is 11.3 Å². The van der Waals surface area contributed by atoms with E-state index in [1.165, 1.54) is 199 Å². The van der Waals surface area contributed by atoms with Crippen LogP contribution >= 0.6 is 11.3 Å². The maximum absolute atomic E-state index is 2.72. The molecule has 0 N–H and O–H groups in total. The number of fused-ring (bicyclic) bond motifs is 3. The zero-order valence-corrected chi connectivity index (χ0v) is 46.1. The first-order valence-corrected chi connectivity index (χ1v) is 24.8. The van der Waals surface area contributed by atoms with E-state index < -0.39 is 0 Å². The van der Waals surface area contributed by atoms with Gasteiger partial charge in [-0.25, -0.2) is 0 Å². The maximum atomic E-state index is 2.72. The van der Waals surface area contributed by atoms with Gasteiger partial charge in [-0.15, -0.1) is 11.3 Å². The van der Waals surface area contributed by atoms with Crippen LogP contribution in [0.25, 0.3) is 20.2 Å². The number of rotatable bonds is 6. The van der Waals surface area contributed by atoms with Crippen LogP contribution in [0.15, 0.2) is 0 Å². The molecule has 0 saturated carbocycles. The molecule has 0 radical (unpaired) electrons. The van der Waals surface area contributed by atoms with Crippen molar-refractivity contribution in [3.8, 4) is 0 Å².